The molecular formula is C17H18Cl2N2O3. The van der Waals surface area contributed by atoms with Gasteiger partial charge in [-0.2, -0.15) is 0 Å². The van der Waals surface area contributed by atoms with Crippen LogP contribution in [0.15, 0.2) is 42.5 Å². The first-order valence-corrected chi connectivity index (χ1v) is 8.19. The van der Waals surface area contributed by atoms with Crippen molar-refractivity contribution in [3.63, 3.8) is 0 Å². The number of anilines is 1. The van der Waals surface area contributed by atoms with Gasteiger partial charge in [0.2, 0.25) is 0 Å². The predicted molar refractivity (Wildman–Crippen MR) is 96.6 cm³/mol. The second kappa shape index (κ2) is 9.25. The number of hydrogen-bond donors (Lipinski definition) is 2. The highest BCUT2D eigenvalue weighted by Gasteiger charge is 2.04. The molecular weight excluding hydrogens is 351 g/mol. The Morgan fingerprint density at radius 2 is 1.58 bits per heavy atom. The Morgan fingerprint density at radius 3 is 2.17 bits per heavy atom. The van der Waals surface area contributed by atoms with Gasteiger partial charge in [0.15, 0.2) is 0 Å². The number of ether oxygens (including phenoxy) is 2. The zero-order valence-corrected chi connectivity index (χ0v) is 14.7. The van der Waals surface area contributed by atoms with Gasteiger partial charge in [-0.25, -0.2) is 4.79 Å². The van der Waals surface area contributed by atoms with Crippen molar-refractivity contribution in [2.24, 2.45) is 0 Å². The number of nitrogens with one attached hydrogen (secondary N) is 2. The fourth-order valence-electron chi connectivity index (χ4n) is 1.93. The van der Waals surface area contributed by atoms with Crippen LogP contribution in [0.5, 0.6) is 11.5 Å². The Morgan fingerprint density at radius 1 is 1.00 bits per heavy atom. The van der Waals surface area contributed by atoms with Crippen LogP contribution in [0.4, 0.5) is 10.5 Å². The molecule has 0 radical (unpaired) electrons. The van der Waals surface area contributed by atoms with E-state index in [0.717, 1.165) is 5.75 Å². The summed E-state index contributed by atoms with van der Waals surface area (Å²) in [6.07, 6.45) is 0. The Hall–Kier alpha value is -2.11. The summed E-state index contributed by atoms with van der Waals surface area (Å²) in [6, 6.07) is 11.8. The number of amides is 2. The molecule has 0 spiro atoms. The largest absolute Gasteiger partial charge is 0.494 e. The fourth-order valence-corrected chi connectivity index (χ4v) is 2.46. The normalized spacial score (nSPS) is 10.1. The minimum Gasteiger partial charge on any atom is -0.494 e. The highest BCUT2D eigenvalue weighted by atomic mass is 35.5. The van der Waals surface area contributed by atoms with Gasteiger partial charge in [0.1, 0.15) is 18.1 Å². The number of halogens is 2. The van der Waals surface area contributed by atoms with E-state index in [4.69, 9.17) is 32.7 Å². The first kappa shape index (κ1) is 18.2. The molecule has 2 amide bonds. The highest BCUT2D eigenvalue weighted by Crippen LogP contribution is 2.22. The van der Waals surface area contributed by atoms with Crippen LogP contribution < -0.4 is 20.1 Å². The van der Waals surface area contributed by atoms with Gasteiger partial charge in [-0.1, -0.05) is 23.2 Å². The highest BCUT2D eigenvalue weighted by molar-refractivity contribution is 6.35. The average molecular weight is 369 g/mol. The van der Waals surface area contributed by atoms with E-state index in [-0.39, 0.29) is 6.03 Å². The second-order valence-corrected chi connectivity index (χ2v) is 5.66. The van der Waals surface area contributed by atoms with Crippen molar-refractivity contribution >= 4 is 34.9 Å². The Bertz CT molecular complexity index is 658. The minimum atomic E-state index is -0.358. The molecule has 0 aliphatic rings. The van der Waals surface area contributed by atoms with E-state index in [1.807, 2.05) is 31.2 Å². The van der Waals surface area contributed by atoms with E-state index in [1.165, 1.54) is 0 Å². The Labute approximate surface area is 150 Å². The number of carbonyl (C=O) groups is 1. The fraction of sp³-hybridized carbons (Fsp3) is 0.235. The van der Waals surface area contributed by atoms with Crippen molar-refractivity contribution in [2.75, 3.05) is 25.1 Å². The van der Waals surface area contributed by atoms with Gasteiger partial charge >= 0.3 is 6.03 Å². The summed E-state index contributed by atoms with van der Waals surface area (Å²) in [6.45, 7) is 3.25. The summed E-state index contributed by atoms with van der Waals surface area (Å²) >= 11 is 11.7. The van der Waals surface area contributed by atoms with Gasteiger partial charge in [0.25, 0.3) is 0 Å². The molecule has 7 heteroatoms. The lowest BCUT2D eigenvalue weighted by atomic mass is 10.3. The SMILES string of the molecule is CCOc1ccc(OCCNC(=O)Nc2cc(Cl)cc(Cl)c2)cc1. The molecule has 2 rings (SSSR count). The van der Waals surface area contributed by atoms with Gasteiger partial charge in [-0.15, -0.1) is 0 Å². The predicted octanol–water partition coefficient (Wildman–Crippen LogP) is 4.59. The molecule has 0 fully saturated rings. The maximum absolute atomic E-state index is 11.8. The average Bonchev–Trinajstić information content (AvgIpc) is 2.52. The van der Waals surface area contributed by atoms with Gasteiger partial charge in [0.05, 0.1) is 13.2 Å². The third-order valence-electron chi connectivity index (χ3n) is 2.91. The van der Waals surface area contributed by atoms with E-state index in [9.17, 15) is 4.79 Å². The monoisotopic (exact) mass is 368 g/mol. The molecule has 0 heterocycles. The summed E-state index contributed by atoms with van der Waals surface area (Å²) in [5.74, 6) is 1.50. The molecule has 2 aromatic carbocycles. The molecule has 0 saturated heterocycles. The first-order chi connectivity index (χ1) is 11.6. The van der Waals surface area contributed by atoms with Crippen LogP contribution in [-0.4, -0.2) is 25.8 Å². The van der Waals surface area contributed by atoms with Gasteiger partial charge in [-0.05, 0) is 49.4 Å². The van der Waals surface area contributed by atoms with Gasteiger partial charge in [0, 0.05) is 15.7 Å². The molecule has 0 aliphatic heterocycles. The summed E-state index contributed by atoms with van der Waals surface area (Å²) in [5, 5.41) is 6.25. The Kier molecular flexibility index (Phi) is 7.03. The van der Waals surface area contributed by atoms with E-state index in [1.54, 1.807) is 18.2 Å². The standard InChI is InChI=1S/C17H18Cl2N2O3/c1-2-23-15-3-5-16(6-4-15)24-8-7-20-17(22)21-14-10-12(18)9-13(19)11-14/h3-6,9-11H,2,7-8H2,1H3,(H2,20,21,22). The molecule has 128 valence electrons. The molecule has 2 aromatic rings. The first-order valence-electron chi connectivity index (χ1n) is 7.43. The number of benzene rings is 2. The van der Waals surface area contributed by atoms with Gasteiger partial charge in [-0.3, -0.25) is 0 Å². The van der Waals surface area contributed by atoms with Crippen molar-refractivity contribution in [2.45, 2.75) is 6.92 Å². The molecule has 0 bridgehead atoms. The molecule has 2 N–H and O–H groups in total. The molecule has 0 unspecified atom stereocenters. The van der Waals surface area contributed by atoms with Crippen molar-refractivity contribution in [3.8, 4) is 11.5 Å². The van der Waals surface area contributed by atoms with Crippen molar-refractivity contribution in [1.82, 2.24) is 5.32 Å². The Balaban J connectivity index is 1.70. The number of carbonyl (C=O) groups excluding carboxylic acids is 1. The van der Waals surface area contributed by atoms with Crippen LogP contribution in [0.2, 0.25) is 10.0 Å². The lowest BCUT2D eigenvalue weighted by Gasteiger charge is -2.10. The quantitative estimate of drug-likeness (QED) is 0.702. The molecule has 0 aliphatic carbocycles. The van der Waals surface area contributed by atoms with E-state index < -0.39 is 0 Å². The van der Waals surface area contributed by atoms with Crippen molar-refractivity contribution in [3.05, 3.63) is 52.5 Å². The number of urea groups is 1. The van der Waals surface area contributed by atoms with Crippen LogP contribution >= 0.6 is 23.2 Å². The third-order valence-corrected chi connectivity index (χ3v) is 3.35. The van der Waals surface area contributed by atoms with Gasteiger partial charge < -0.3 is 20.1 Å². The molecule has 0 aromatic heterocycles. The zero-order valence-electron chi connectivity index (χ0n) is 13.1. The lowest BCUT2D eigenvalue weighted by Crippen LogP contribution is -2.32. The van der Waals surface area contributed by atoms with Crippen molar-refractivity contribution in [1.29, 1.82) is 0 Å². The zero-order chi connectivity index (χ0) is 17.4. The summed E-state index contributed by atoms with van der Waals surface area (Å²) in [7, 11) is 0. The smallest absolute Gasteiger partial charge is 0.319 e. The second-order valence-electron chi connectivity index (χ2n) is 4.79. The molecule has 0 saturated carbocycles. The summed E-state index contributed by atoms with van der Waals surface area (Å²) < 4.78 is 10.9. The van der Waals surface area contributed by atoms with Crippen LogP contribution in [0, 0.1) is 0 Å². The minimum absolute atomic E-state index is 0.345. The lowest BCUT2D eigenvalue weighted by molar-refractivity contribution is 0.247. The maximum Gasteiger partial charge on any atom is 0.319 e. The maximum atomic E-state index is 11.8. The van der Waals surface area contributed by atoms with Crippen LogP contribution in [-0.2, 0) is 0 Å². The van der Waals surface area contributed by atoms with Crippen LogP contribution in [0.25, 0.3) is 0 Å². The van der Waals surface area contributed by atoms with E-state index in [2.05, 4.69) is 10.6 Å². The van der Waals surface area contributed by atoms with Crippen molar-refractivity contribution < 1.29 is 14.3 Å². The number of hydrogen-bond acceptors (Lipinski definition) is 3. The third kappa shape index (κ3) is 6.18. The van der Waals surface area contributed by atoms with Crippen LogP contribution in [0.3, 0.4) is 0 Å². The molecule has 24 heavy (non-hydrogen) atoms. The van der Waals surface area contributed by atoms with E-state index in [0.29, 0.717) is 41.2 Å². The summed E-state index contributed by atoms with van der Waals surface area (Å²) in [4.78, 5) is 11.8. The van der Waals surface area contributed by atoms with Crippen LogP contribution in [0.1, 0.15) is 6.92 Å². The molecule has 0 atom stereocenters. The molecule has 5 nitrogen and oxygen atoms in total. The van der Waals surface area contributed by atoms with E-state index >= 15 is 0 Å². The summed E-state index contributed by atoms with van der Waals surface area (Å²) in [5.41, 5.74) is 0.525. The topological polar surface area (TPSA) is 59.6 Å². The number of rotatable bonds is 7.